The highest BCUT2D eigenvalue weighted by Gasteiger charge is 2.34. The van der Waals surface area contributed by atoms with E-state index in [-0.39, 0.29) is 24.9 Å². The molecule has 0 radical (unpaired) electrons. The van der Waals surface area contributed by atoms with Crippen molar-refractivity contribution in [3.8, 4) is 0 Å². The second-order valence-electron chi connectivity index (χ2n) is 4.97. The number of urea groups is 1. The van der Waals surface area contributed by atoms with Crippen LogP contribution in [0.1, 0.15) is 11.1 Å². The Kier molecular flexibility index (Phi) is 3.74. The van der Waals surface area contributed by atoms with Gasteiger partial charge in [0.25, 0.3) is 5.91 Å². The van der Waals surface area contributed by atoms with Gasteiger partial charge in [-0.3, -0.25) is 14.5 Å². The second-order valence-corrected chi connectivity index (χ2v) is 4.97. The van der Waals surface area contributed by atoms with Crippen molar-refractivity contribution >= 4 is 23.5 Å². The van der Waals surface area contributed by atoms with Crippen LogP contribution in [0.2, 0.25) is 0 Å². The number of nitrogens with one attached hydrogen (secondary N) is 1. The number of nitrogens with zero attached hydrogens (tertiary/aromatic N) is 2. The molecule has 1 heterocycles. The van der Waals surface area contributed by atoms with Crippen LogP contribution in [0.3, 0.4) is 0 Å². The van der Waals surface area contributed by atoms with E-state index in [1.54, 1.807) is 6.07 Å². The monoisotopic (exact) mass is 275 g/mol. The minimum absolute atomic E-state index is 0.0236. The molecule has 2 rings (SSSR count). The van der Waals surface area contributed by atoms with Crippen molar-refractivity contribution in [3.63, 3.8) is 0 Å². The summed E-state index contributed by atoms with van der Waals surface area (Å²) >= 11 is 0. The lowest BCUT2D eigenvalue weighted by atomic mass is 10.1. The standard InChI is InChI=1S/C14H17N3O3/c1-9-4-5-11(6-10(9)2)15-12(18)7-17-13(19)8-16(3)14(17)20/h4-6H,7-8H2,1-3H3,(H,15,18). The van der Waals surface area contributed by atoms with Gasteiger partial charge >= 0.3 is 6.03 Å². The largest absolute Gasteiger partial charge is 0.327 e. The van der Waals surface area contributed by atoms with Crippen LogP contribution in [-0.2, 0) is 9.59 Å². The van der Waals surface area contributed by atoms with Crippen molar-refractivity contribution in [2.24, 2.45) is 0 Å². The number of carbonyl (C=O) groups excluding carboxylic acids is 3. The summed E-state index contributed by atoms with van der Waals surface area (Å²) in [4.78, 5) is 37.3. The predicted molar refractivity (Wildman–Crippen MR) is 74.3 cm³/mol. The average Bonchev–Trinajstić information content (AvgIpc) is 2.61. The molecule has 1 N–H and O–H groups in total. The van der Waals surface area contributed by atoms with E-state index in [1.165, 1.54) is 11.9 Å². The van der Waals surface area contributed by atoms with E-state index in [2.05, 4.69) is 5.32 Å². The summed E-state index contributed by atoms with van der Waals surface area (Å²) in [5.74, 6) is -0.738. The van der Waals surface area contributed by atoms with Crippen LogP contribution >= 0.6 is 0 Å². The molecule has 1 aromatic rings. The highest BCUT2D eigenvalue weighted by Crippen LogP contribution is 2.14. The third kappa shape index (κ3) is 2.79. The maximum atomic E-state index is 11.9. The molecule has 0 spiro atoms. The molecule has 0 aromatic heterocycles. The Labute approximate surface area is 117 Å². The zero-order chi connectivity index (χ0) is 14.9. The number of anilines is 1. The molecule has 0 bridgehead atoms. The number of amides is 4. The number of hydrogen-bond acceptors (Lipinski definition) is 3. The minimum atomic E-state index is -0.440. The maximum Gasteiger partial charge on any atom is 0.327 e. The van der Waals surface area contributed by atoms with Crippen molar-refractivity contribution in [2.45, 2.75) is 13.8 Å². The van der Waals surface area contributed by atoms with Gasteiger partial charge < -0.3 is 10.2 Å². The molecule has 1 aliphatic rings. The zero-order valence-corrected chi connectivity index (χ0v) is 11.8. The lowest BCUT2D eigenvalue weighted by Gasteiger charge is -2.14. The highest BCUT2D eigenvalue weighted by atomic mass is 16.2. The van der Waals surface area contributed by atoms with E-state index in [9.17, 15) is 14.4 Å². The van der Waals surface area contributed by atoms with Gasteiger partial charge in [-0.2, -0.15) is 0 Å². The van der Waals surface area contributed by atoms with Crippen LogP contribution in [-0.4, -0.2) is 47.8 Å². The predicted octanol–water partition coefficient (Wildman–Crippen LogP) is 1.14. The second kappa shape index (κ2) is 5.32. The van der Waals surface area contributed by atoms with E-state index >= 15 is 0 Å². The summed E-state index contributed by atoms with van der Waals surface area (Å²) < 4.78 is 0. The first-order valence-electron chi connectivity index (χ1n) is 6.31. The van der Waals surface area contributed by atoms with Gasteiger partial charge in [0.05, 0.1) is 0 Å². The van der Waals surface area contributed by atoms with Crippen LogP contribution in [0.4, 0.5) is 10.5 Å². The van der Waals surface area contributed by atoms with Crippen LogP contribution in [0.15, 0.2) is 18.2 Å². The first-order valence-corrected chi connectivity index (χ1v) is 6.31. The van der Waals surface area contributed by atoms with Gasteiger partial charge in [0.1, 0.15) is 13.1 Å². The number of rotatable bonds is 3. The molecule has 0 unspecified atom stereocenters. The van der Waals surface area contributed by atoms with Gasteiger partial charge in [-0.15, -0.1) is 0 Å². The molecule has 6 heteroatoms. The fourth-order valence-corrected chi connectivity index (χ4v) is 1.99. The van der Waals surface area contributed by atoms with E-state index < -0.39 is 6.03 Å². The van der Waals surface area contributed by atoms with Crippen LogP contribution in [0, 0.1) is 13.8 Å². The summed E-state index contributed by atoms with van der Waals surface area (Å²) in [6.45, 7) is 3.70. The summed E-state index contributed by atoms with van der Waals surface area (Å²) in [7, 11) is 1.53. The van der Waals surface area contributed by atoms with Crippen molar-refractivity contribution in [2.75, 3.05) is 25.5 Å². The van der Waals surface area contributed by atoms with Crippen molar-refractivity contribution < 1.29 is 14.4 Å². The summed E-state index contributed by atoms with van der Waals surface area (Å²) in [5, 5.41) is 2.69. The lowest BCUT2D eigenvalue weighted by molar-refractivity contribution is -0.129. The Bertz CT molecular complexity index is 583. The van der Waals surface area contributed by atoms with E-state index in [1.807, 2.05) is 26.0 Å². The van der Waals surface area contributed by atoms with Crippen LogP contribution in [0.25, 0.3) is 0 Å². The molecule has 20 heavy (non-hydrogen) atoms. The first-order chi connectivity index (χ1) is 9.38. The topological polar surface area (TPSA) is 69.7 Å². The Balaban J connectivity index is 2.00. The molecule has 1 aliphatic heterocycles. The highest BCUT2D eigenvalue weighted by molar-refractivity contribution is 6.06. The average molecular weight is 275 g/mol. The summed E-state index contributed by atoms with van der Waals surface area (Å²) in [6.07, 6.45) is 0. The van der Waals surface area contributed by atoms with Gasteiger partial charge in [0.15, 0.2) is 0 Å². The molecular weight excluding hydrogens is 258 g/mol. The third-order valence-corrected chi connectivity index (χ3v) is 3.32. The zero-order valence-electron chi connectivity index (χ0n) is 11.8. The molecule has 4 amide bonds. The molecule has 1 aromatic carbocycles. The normalized spacial score (nSPS) is 14.9. The van der Waals surface area contributed by atoms with Gasteiger partial charge in [-0.1, -0.05) is 6.07 Å². The van der Waals surface area contributed by atoms with E-state index in [0.29, 0.717) is 5.69 Å². The van der Waals surface area contributed by atoms with Gasteiger partial charge in [-0.05, 0) is 37.1 Å². The Morgan fingerprint density at radius 2 is 1.95 bits per heavy atom. The van der Waals surface area contributed by atoms with Crippen molar-refractivity contribution in [3.05, 3.63) is 29.3 Å². The molecule has 6 nitrogen and oxygen atoms in total. The number of aryl methyl sites for hydroxylation is 2. The van der Waals surface area contributed by atoms with Crippen molar-refractivity contribution in [1.29, 1.82) is 0 Å². The minimum Gasteiger partial charge on any atom is -0.325 e. The van der Waals surface area contributed by atoms with Gasteiger partial charge in [-0.25, -0.2) is 4.79 Å². The van der Waals surface area contributed by atoms with Crippen molar-refractivity contribution in [1.82, 2.24) is 9.80 Å². The summed E-state index contributed by atoms with van der Waals surface area (Å²) in [6, 6.07) is 5.11. The molecule has 0 aliphatic carbocycles. The van der Waals surface area contributed by atoms with Crippen LogP contribution < -0.4 is 5.32 Å². The third-order valence-electron chi connectivity index (χ3n) is 3.32. The smallest absolute Gasteiger partial charge is 0.325 e. The maximum absolute atomic E-state index is 11.9. The SMILES string of the molecule is Cc1ccc(NC(=O)CN2C(=O)CN(C)C2=O)cc1C. The Morgan fingerprint density at radius 1 is 1.25 bits per heavy atom. The Hall–Kier alpha value is -2.37. The van der Waals surface area contributed by atoms with E-state index in [4.69, 9.17) is 0 Å². The molecule has 1 saturated heterocycles. The quantitative estimate of drug-likeness (QED) is 0.841. The molecule has 1 fully saturated rings. The number of carbonyl (C=O) groups is 3. The molecular formula is C14H17N3O3. The van der Waals surface area contributed by atoms with Gasteiger partial charge in [0.2, 0.25) is 5.91 Å². The number of likely N-dealkylation sites (N-methyl/N-ethyl adjacent to an activating group) is 1. The number of benzene rings is 1. The number of imide groups is 1. The van der Waals surface area contributed by atoms with E-state index in [0.717, 1.165) is 16.0 Å². The van der Waals surface area contributed by atoms with Crippen LogP contribution in [0.5, 0.6) is 0 Å². The summed E-state index contributed by atoms with van der Waals surface area (Å²) in [5.41, 5.74) is 2.86. The fraction of sp³-hybridized carbons (Fsp3) is 0.357. The Morgan fingerprint density at radius 3 is 2.50 bits per heavy atom. The van der Waals surface area contributed by atoms with Gasteiger partial charge in [0, 0.05) is 12.7 Å². The fourth-order valence-electron chi connectivity index (χ4n) is 1.99. The molecule has 106 valence electrons. The lowest BCUT2D eigenvalue weighted by Crippen LogP contribution is -2.38. The number of hydrogen-bond donors (Lipinski definition) is 1. The molecule has 0 atom stereocenters. The first kappa shape index (κ1) is 14.0. The molecule has 0 saturated carbocycles.